The molecule has 1 aliphatic carbocycles. The zero-order valence-corrected chi connectivity index (χ0v) is 9.87. The molecule has 3 heteroatoms. The summed E-state index contributed by atoms with van der Waals surface area (Å²) in [5.41, 5.74) is 1.25. The van der Waals surface area contributed by atoms with Gasteiger partial charge in [0.15, 0.2) is 0 Å². The van der Waals surface area contributed by atoms with Crippen LogP contribution in [0.2, 0.25) is 5.15 Å². The van der Waals surface area contributed by atoms with Gasteiger partial charge in [-0.05, 0) is 43.5 Å². The minimum absolute atomic E-state index is 0.588. The number of hydrogen-bond donors (Lipinski definition) is 0. The van der Waals surface area contributed by atoms with Crippen LogP contribution in [0.25, 0.3) is 0 Å². The van der Waals surface area contributed by atoms with Crippen molar-refractivity contribution in [2.45, 2.75) is 25.8 Å². The Morgan fingerprint density at radius 1 is 1.53 bits per heavy atom. The second-order valence-corrected chi connectivity index (χ2v) is 4.87. The molecule has 1 aliphatic rings. The van der Waals surface area contributed by atoms with E-state index in [2.05, 4.69) is 16.9 Å². The Kier molecular flexibility index (Phi) is 3.60. The Labute approximate surface area is 96.3 Å². The molecule has 0 amide bonds. The fourth-order valence-corrected chi connectivity index (χ4v) is 2.23. The minimum atomic E-state index is 0.588. The van der Waals surface area contributed by atoms with Gasteiger partial charge in [0, 0.05) is 19.3 Å². The van der Waals surface area contributed by atoms with Gasteiger partial charge in [-0.1, -0.05) is 18.0 Å². The van der Waals surface area contributed by atoms with E-state index in [1.807, 2.05) is 12.1 Å². The molecular weight excluding hydrogens is 208 g/mol. The van der Waals surface area contributed by atoms with Gasteiger partial charge in [-0.15, -0.1) is 0 Å². The molecule has 0 unspecified atom stereocenters. The van der Waals surface area contributed by atoms with Crippen molar-refractivity contribution in [2.75, 3.05) is 13.6 Å². The van der Waals surface area contributed by atoms with Crippen LogP contribution in [0.3, 0.4) is 0 Å². The third kappa shape index (κ3) is 3.18. The van der Waals surface area contributed by atoms with Gasteiger partial charge in [0.25, 0.3) is 0 Å². The van der Waals surface area contributed by atoms with E-state index in [1.54, 1.807) is 6.20 Å². The molecule has 15 heavy (non-hydrogen) atoms. The van der Waals surface area contributed by atoms with Crippen LogP contribution in [0, 0.1) is 5.92 Å². The van der Waals surface area contributed by atoms with Gasteiger partial charge < -0.3 is 4.90 Å². The lowest BCUT2D eigenvalue weighted by Crippen LogP contribution is -2.29. The molecule has 1 aromatic heterocycles. The van der Waals surface area contributed by atoms with Crippen molar-refractivity contribution in [2.24, 2.45) is 5.92 Å². The van der Waals surface area contributed by atoms with Crippen molar-refractivity contribution >= 4 is 11.6 Å². The van der Waals surface area contributed by atoms with Crippen molar-refractivity contribution in [1.29, 1.82) is 0 Å². The van der Waals surface area contributed by atoms with Crippen molar-refractivity contribution in [1.82, 2.24) is 9.88 Å². The quantitative estimate of drug-likeness (QED) is 0.731. The predicted molar refractivity (Wildman–Crippen MR) is 62.9 cm³/mol. The minimum Gasteiger partial charge on any atom is -0.302 e. The maximum Gasteiger partial charge on any atom is 0.129 e. The monoisotopic (exact) mass is 224 g/mol. The van der Waals surface area contributed by atoms with Gasteiger partial charge >= 0.3 is 0 Å². The number of pyridine rings is 1. The van der Waals surface area contributed by atoms with Crippen LogP contribution < -0.4 is 0 Å². The Balaban J connectivity index is 1.84. The zero-order valence-electron chi connectivity index (χ0n) is 9.12. The Morgan fingerprint density at radius 2 is 2.33 bits per heavy atom. The van der Waals surface area contributed by atoms with Gasteiger partial charge in [-0.3, -0.25) is 0 Å². The number of halogens is 1. The van der Waals surface area contributed by atoms with Crippen LogP contribution in [0.15, 0.2) is 18.3 Å². The fourth-order valence-electron chi connectivity index (χ4n) is 2.03. The second kappa shape index (κ2) is 4.95. The third-order valence-corrected chi connectivity index (χ3v) is 3.24. The van der Waals surface area contributed by atoms with Crippen LogP contribution >= 0.6 is 11.6 Å². The van der Waals surface area contributed by atoms with Gasteiger partial charge in [0.2, 0.25) is 0 Å². The lowest BCUT2D eigenvalue weighted by atomic mass is 9.85. The molecule has 0 aromatic carbocycles. The summed E-state index contributed by atoms with van der Waals surface area (Å²) in [6, 6.07) is 3.97. The van der Waals surface area contributed by atoms with E-state index in [9.17, 15) is 0 Å². The molecule has 2 nitrogen and oxygen atoms in total. The van der Waals surface area contributed by atoms with E-state index in [0.29, 0.717) is 5.15 Å². The molecule has 82 valence electrons. The van der Waals surface area contributed by atoms with Crippen molar-refractivity contribution in [3.8, 4) is 0 Å². The van der Waals surface area contributed by atoms with Gasteiger partial charge in [-0.2, -0.15) is 0 Å². The third-order valence-electron chi connectivity index (χ3n) is 3.04. The Bertz CT molecular complexity index is 323. The summed E-state index contributed by atoms with van der Waals surface area (Å²) in [5.74, 6) is 0.923. The molecule has 2 rings (SSSR count). The fraction of sp³-hybridized carbons (Fsp3) is 0.583. The summed E-state index contributed by atoms with van der Waals surface area (Å²) >= 11 is 5.84. The average Bonchev–Trinajstić information content (AvgIpc) is 2.11. The number of hydrogen-bond acceptors (Lipinski definition) is 2. The summed E-state index contributed by atoms with van der Waals surface area (Å²) in [7, 11) is 2.17. The van der Waals surface area contributed by atoms with Gasteiger partial charge in [0.05, 0.1) is 0 Å². The maximum atomic E-state index is 5.84. The highest BCUT2D eigenvalue weighted by molar-refractivity contribution is 6.29. The molecule has 1 fully saturated rings. The highest BCUT2D eigenvalue weighted by Crippen LogP contribution is 2.27. The molecule has 0 atom stereocenters. The lowest BCUT2D eigenvalue weighted by Gasteiger charge is -2.30. The summed E-state index contributed by atoms with van der Waals surface area (Å²) in [5, 5.41) is 0.588. The number of nitrogens with zero attached hydrogens (tertiary/aromatic N) is 2. The standard InChI is InChI=1S/C12H17ClN2/c1-15(8-10-3-2-4-10)9-11-5-6-14-12(13)7-11/h5-7,10H,2-4,8-9H2,1H3. The molecular formula is C12H17ClN2. The van der Waals surface area contributed by atoms with E-state index in [-0.39, 0.29) is 0 Å². The molecule has 0 N–H and O–H groups in total. The smallest absolute Gasteiger partial charge is 0.129 e. The number of aromatic nitrogens is 1. The van der Waals surface area contributed by atoms with Crippen LogP contribution in [0.5, 0.6) is 0 Å². The topological polar surface area (TPSA) is 16.1 Å². The SMILES string of the molecule is CN(Cc1ccnc(Cl)c1)CC1CCC1. The van der Waals surface area contributed by atoms with E-state index in [0.717, 1.165) is 12.5 Å². The van der Waals surface area contributed by atoms with Gasteiger partial charge in [-0.25, -0.2) is 4.98 Å². The van der Waals surface area contributed by atoms with E-state index >= 15 is 0 Å². The molecule has 0 spiro atoms. The first-order valence-electron chi connectivity index (χ1n) is 5.53. The summed E-state index contributed by atoms with van der Waals surface area (Å²) in [6.45, 7) is 2.18. The van der Waals surface area contributed by atoms with Crippen molar-refractivity contribution < 1.29 is 0 Å². The molecule has 0 bridgehead atoms. The molecule has 1 aromatic rings. The largest absolute Gasteiger partial charge is 0.302 e. The Morgan fingerprint density at radius 3 is 2.93 bits per heavy atom. The highest BCUT2D eigenvalue weighted by Gasteiger charge is 2.18. The van der Waals surface area contributed by atoms with Crippen LogP contribution in [-0.2, 0) is 6.54 Å². The van der Waals surface area contributed by atoms with Crippen LogP contribution in [0.1, 0.15) is 24.8 Å². The molecule has 1 heterocycles. The van der Waals surface area contributed by atoms with Crippen molar-refractivity contribution in [3.63, 3.8) is 0 Å². The summed E-state index contributed by atoms with van der Waals surface area (Å²) in [6.07, 6.45) is 6.00. The van der Waals surface area contributed by atoms with Crippen LogP contribution in [-0.4, -0.2) is 23.5 Å². The Hall–Kier alpha value is -0.600. The zero-order chi connectivity index (χ0) is 10.7. The summed E-state index contributed by atoms with van der Waals surface area (Å²) < 4.78 is 0. The van der Waals surface area contributed by atoms with E-state index in [1.165, 1.54) is 31.4 Å². The lowest BCUT2D eigenvalue weighted by molar-refractivity contribution is 0.200. The first kappa shape index (κ1) is 10.9. The second-order valence-electron chi connectivity index (χ2n) is 4.48. The molecule has 0 saturated heterocycles. The number of rotatable bonds is 4. The average molecular weight is 225 g/mol. The predicted octanol–water partition coefficient (Wildman–Crippen LogP) is 2.97. The van der Waals surface area contributed by atoms with E-state index < -0.39 is 0 Å². The first-order chi connectivity index (χ1) is 7.24. The van der Waals surface area contributed by atoms with Crippen molar-refractivity contribution in [3.05, 3.63) is 29.0 Å². The van der Waals surface area contributed by atoms with E-state index in [4.69, 9.17) is 11.6 Å². The maximum absolute atomic E-state index is 5.84. The van der Waals surface area contributed by atoms with Crippen LogP contribution in [0.4, 0.5) is 0 Å². The highest BCUT2D eigenvalue weighted by atomic mass is 35.5. The van der Waals surface area contributed by atoms with Gasteiger partial charge in [0.1, 0.15) is 5.15 Å². The summed E-state index contributed by atoms with van der Waals surface area (Å²) in [4.78, 5) is 6.35. The normalized spacial score (nSPS) is 16.7. The molecule has 1 saturated carbocycles. The molecule has 0 aliphatic heterocycles. The molecule has 0 radical (unpaired) electrons. The first-order valence-corrected chi connectivity index (χ1v) is 5.91.